The molecule has 1 aliphatic carbocycles. The van der Waals surface area contributed by atoms with Crippen molar-refractivity contribution < 1.29 is 0 Å². The van der Waals surface area contributed by atoms with Crippen molar-refractivity contribution in [2.75, 3.05) is 11.9 Å². The number of para-hydroxylation sites is 1. The van der Waals surface area contributed by atoms with Crippen molar-refractivity contribution in [3.8, 4) is 11.5 Å². The summed E-state index contributed by atoms with van der Waals surface area (Å²) < 4.78 is 0. The van der Waals surface area contributed by atoms with Gasteiger partial charge in [-0.25, -0.2) is 9.97 Å². The second-order valence-electron chi connectivity index (χ2n) is 8.34. The van der Waals surface area contributed by atoms with Crippen LogP contribution < -0.4 is 10.6 Å². The highest BCUT2D eigenvalue weighted by molar-refractivity contribution is 5.96. The number of nitrogens with zero attached hydrogens (tertiary/aromatic N) is 3. The van der Waals surface area contributed by atoms with E-state index < -0.39 is 0 Å². The molecule has 0 amide bonds. The molecular weight excluding hydrogens is 382 g/mol. The number of aromatic nitrogens is 3. The highest BCUT2D eigenvalue weighted by Crippen LogP contribution is 2.37. The molecule has 3 heterocycles. The van der Waals surface area contributed by atoms with E-state index in [0.29, 0.717) is 11.7 Å². The van der Waals surface area contributed by atoms with Crippen molar-refractivity contribution in [3.63, 3.8) is 0 Å². The molecule has 0 bridgehead atoms. The van der Waals surface area contributed by atoms with Gasteiger partial charge in [-0.05, 0) is 60.9 Å². The molecule has 152 valence electrons. The van der Waals surface area contributed by atoms with Gasteiger partial charge in [-0.2, -0.15) is 0 Å². The normalized spacial score (nSPS) is 16.4. The van der Waals surface area contributed by atoms with E-state index in [2.05, 4.69) is 46.8 Å². The SMILES string of the molecule is CC1=C(Nc2nc(-c3nccc4ccccc34)nc3ccccc23)C=C(C2CC2)NC1. The average molecular weight is 406 g/mol. The number of pyridine rings is 1. The van der Waals surface area contributed by atoms with E-state index in [1.54, 1.807) is 0 Å². The smallest absolute Gasteiger partial charge is 0.181 e. The number of rotatable bonds is 4. The van der Waals surface area contributed by atoms with Crippen molar-refractivity contribution in [1.29, 1.82) is 0 Å². The minimum absolute atomic E-state index is 0.636. The predicted molar refractivity (Wildman–Crippen MR) is 125 cm³/mol. The van der Waals surface area contributed by atoms with E-state index in [0.717, 1.165) is 45.4 Å². The molecule has 0 unspecified atom stereocenters. The van der Waals surface area contributed by atoms with E-state index >= 15 is 0 Å². The molecule has 0 atom stereocenters. The molecule has 0 spiro atoms. The van der Waals surface area contributed by atoms with E-state index in [-0.39, 0.29) is 0 Å². The third kappa shape index (κ3) is 3.32. The molecule has 5 nitrogen and oxygen atoms in total. The fourth-order valence-electron chi connectivity index (χ4n) is 4.16. The standard InChI is InChI=1S/C26H23N5/c1-16-15-28-23(18-10-11-18)14-22(16)30-25-20-8-4-5-9-21(20)29-26(31-25)24-19-7-3-2-6-17(19)12-13-27-24/h2-9,12-14,18,28H,10-11,15H2,1H3,(H,29,30,31). The zero-order chi connectivity index (χ0) is 20.8. The lowest BCUT2D eigenvalue weighted by molar-refractivity contribution is 0.762. The number of hydrogen-bond donors (Lipinski definition) is 2. The number of anilines is 1. The Hall–Kier alpha value is -3.73. The van der Waals surface area contributed by atoms with E-state index in [9.17, 15) is 0 Å². The Labute approximate surface area is 181 Å². The van der Waals surface area contributed by atoms with Crippen LogP contribution in [0.1, 0.15) is 19.8 Å². The Bertz CT molecular complexity index is 1380. The summed E-state index contributed by atoms with van der Waals surface area (Å²) >= 11 is 0. The van der Waals surface area contributed by atoms with E-state index in [4.69, 9.17) is 9.97 Å². The summed E-state index contributed by atoms with van der Waals surface area (Å²) in [4.78, 5) is 14.5. The van der Waals surface area contributed by atoms with Crippen LogP contribution in [-0.2, 0) is 0 Å². The highest BCUT2D eigenvalue weighted by Gasteiger charge is 2.28. The van der Waals surface area contributed by atoms with Gasteiger partial charge >= 0.3 is 0 Å². The number of dihydropyridines is 1. The predicted octanol–water partition coefficient (Wildman–Crippen LogP) is 5.43. The van der Waals surface area contributed by atoms with Crippen molar-refractivity contribution in [2.24, 2.45) is 5.92 Å². The van der Waals surface area contributed by atoms with Crippen molar-refractivity contribution in [1.82, 2.24) is 20.3 Å². The Kier molecular flexibility index (Phi) is 4.20. The molecule has 2 aromatic carbocycles. The summed E-state index contributed by atoms with van der Waals surface area (Å²) in [6.45, 7) is 3.03. The number of allylic oxidation sites excluding steroid dienone is 2. The van der Waals surface area contributed by atoms with Crippen LogP contribution in [0.2, 0.25) is 0 Å². The molecule has 0 saturated heterocycles. The first-order chi connectivity index (χ1) is 15.3. The Balaban J connectivity index is 1.50. The summed E-state index contributed by atoms with van der Waals surface area (Å²) in [5.41, 5.74) is 5.45. The van der Waals surface area contributed by atoms with Crippen molar-refractivity contribution >= 4 is 27.5 Å². The first kappa shape index (κ1) is 18.1. The van der Waals surface area contributed by atoms with Crippen LogP contribution in [0.3, 0.4) is 0 Å². The summed E-state index contributed by atoms with van der Waals surface area (Å²) in [5, 5.41) is 10.4. The fraction of sp³-hybridized carbons (Fsp3) is 0.192. The molecule has 1 fully saturated rings. The third-order valence-electron chi connectivity index (χ3n) is 6.08. The molecule has 2 aliphatic rings. The molecule has 2 aromatic heterocycles. The van der Waals surface area contributed by atoms with Crippen LogP contribution in [0.5, 0.6) is 0 Å². The van der Waals surface area contributed by atoms with Gasteiger partial charge < -0.3 is 10.6 Å². The Morgan fingerprint density at radius 3 is 2.61 bits per heavy atom. The molecule has 1 aliphatic heterocycles. The van der Waals surface area contributed by atoms with Crippen molar-refractivity contribution in [3.05, 3.63) is 83.8 Å². The van der Waals surface area contributed by atoms with Crippen LogP contribution in [-0.4, -0.2) is 21.5 Å². The molecule has 6 rings (SSSR count). The molecule has 2 N–H and O–H groups in total. The van der Waals surface area contributed by atoms with Crippen LogP contribution >= 0.6 is 0 Å². The van der Waals surface area contributed by atoms with Gasteiger partial charge in [0.2, 0.25) is 0 Å². The lowest BCUT2D eigenvalue weighted by Crippen LogP contribution is -2.24. The number of benzene rings is 2. The largest absolute Gasteiger partial charge is 0.384 e. The maximum Gasteiger partial charge on any atom is 0.181 e. The zero-order valence-corrected chi connectivity index (χ0v) is 17.4. The van der Waals surface area contributed by atoms with Gasteiger partial charge in [0.25, 0.3) is 0 Å². The van der Waals surface area contributed by atoms with Crippen LogP contribution in [0.15, 0.2) is 83.8 Å². The van der Waals surface area contributed by atoms with Crippen LogP contribution in [0.25, 0.3) is 33.2 Å². The van der Waals surface area contributed by atoms with E-state index in [1.807, 2.05) is 42.6 Å². The summed E-state index contributed by atoms with van der Waals surface area (Å²) in [5.74, 6) is 2.14. The van der Waals surface area contributed by atoms with Gasteiger partial charge in [0.15, 0.2) is 5.82 Å². The zero-order valence-electron chi connectivity index (χ0n) is 17.4. The quantitative estimate of drug-likeness (QED) is 0.474. The Morgan fingerprint density at radius 1 is 0.935 bits per heavy atom. The second kappa shape index (κ2) is 7.20. The maximum atomic E-state index is 4.97. The molecule has 0 radical (unpaired) electrons. The minimum Gasteiger partial charge on any atom is -0.384 e. The average Bonchev–Trinajstić information content (AvgIpc) is 3.65. The lowest BCUT2D eigenvalue weighted by Gasteiger charge is -2.21. The number of fused-ring (bicyclic) bond motifs is 2. The van der Waals surface area contributed by atoms with Gasteiger partial charge in [0, 0.05) is 34.9 Å². The van der Waals surface area contributed by atoms with Gasteiger partial charge in [0.1, 0.15) is 11.5 Å². The minimum atomic E-state index is 0.636. The molecule has 5 heteroatoms. The topological polar surface area (TPSA) is 62.7 Å². The van der Waals surface area contributed by atoms with Gasteiger partial charge in [-0.15, -0.1) is 0 Å². The molecule has 4 aromatic rings. The number of nitrogens with one attached hydrogen (secondary N) is 2. The van der Waals surface area contributed by atoms with Gasteiger partial charge in [-0.3, -0.25) is 4.98 Å². The third-order valence-corrected chi connectivity index (χ3v) is 6.08. The Morgan fingerprint density at radius 2 is 1.74 bits per heavy atom. The highest BCUT2D eigenvalue weighted by atomic mass is 15.1. The van der Waals surface area contributed by atoms with E-state index in [1.165, 1.54) is 24.1 Å². The second-order valence-corrected chi connectivity index (χ2v) is 8.34. The summed E-state index contributed by atoms with van der Waals surface area (Å²) in [6, 6.07) is 18.4. The van der Waals surface area contributed by atoms with Gasteiger partial charge in [-0.1, -0.05) is 36.4 Å². The van der Waals surface area contributed by atoms with Gasteiger partial charge in [0.05, 0.1) is 5.52 Å². The lowest BCUT2D eigenvalue weighted by atomic mass is 10.1. The molecule has 1 saturated carbocycles. The summed E-state index contributed by atoms with van der Waals surface area (Å²) in [6.07, 6.45) is 6.63. The van der Waals surface area contributed by atoms with Crippen molar-refractivity contribution in [2.45, 2.75) is 19.8 Å². The monoisotopic (exact) mass is 405 g/mol. The fourth-order valence-corrected chi connectivity index (χ4v) is 4.16. The first-order valence-corrected chi connectivity index (χ1v) is 10.8. The van der Waals surface area contributed by atoms with Crippen LogP contribution in [0.4, 0.5) is 5.82 Å². The maximum absolute atomic E-state index is 4.97. The van der Waals surface area contributed by atoms with Crippen LogP contribution in [0, 0.1) is 5.92 Å². The molecule has 31 heavy (non-hydrogen) atoms. The number of hydrogen-bond acceptors (Lipinski definition) is 5. The molecular formula is C26H23N5. The first-order valence-electron chi connectivity index (χ1n) is 10.8. The summed E-state index contributed by atoms with van der Waals surface area (Å²) in [7, 11) is 0.